The number of aryl methyl sites for hydroxylation is 1. The molecule has 0 bridgehead atoms. The van der Waals surface area contributed by atoms with E-state index in [2.05, 4.69) is 10.5 Å². The van der Waals surface area contributed by atoms with Gasteiger partial charge in [-0.05, 0) is 48.9 Å². The summed E-state index contributed by atoms with van der Waals surface area (Å²) in [6.07, 6.45) is 1.44. The van der Waals surface area contributed by atoms with Crippen LogP contribution in [-0.4, -0.2) is 40.3 Å². The molecule has 33 heavy (non-hydrogen) atoms. The highest BCUT2D eigenvalue weighted by molar-refractivity contribution is 7.92. The Balaban J connectivity index is 1.54. The lowest BCUT2D eigenvalue weighted by molar-refractivity contribution is -0.119. The van der Waals surface area contributed by atoms with Crippen molar-refractivity contribution in [2.45, 2.75) is 11.8 Å². The van der Waals surface area contributed by atoms with Crippen LogP contribution in [0.2, 0.25) is 0 Å². The highest BCUT2D eigenvalue weighted by Gasteiger charge is 2.27. The summed E-state index contributed by atoms with van der Waals surface area (Å²) in [7, 11) is -3.97. The molecular formula is C24H23N3O5S. The van der Waals surface area contributed by atoms with E-state index in [0.717, 1.165) is 9.87 Å². The van der Waals surface area contributed by atoms with E-state index >= 15 is 0 Å². The summed E-state index contributed by atoms with van der Waals surface area (Å²) in [6.45, 7) is 2.31. The van der Waals surface area contributed by atoms with Crippen molar-refractivity contribution in [3.8, 4) is 11.5 Å². The van der Waals surface area contributed by atoms with Gasteiger partial charge < -0.3 is 9.47 Å². The van der Waals surface area contributed by atoms with E-state index in [1.54, 1.807) is 54.6 Å². The Morgan fingerprint density at radius 1 is 1.03 bits per heavy atom. The molecular weight excluding hydrogens is 442 g/mol. The van der Waals surface area contributed by atoms with Gasteiger partial charge in [0.15, 0.2) is 11.5 Å². The fourth-order valence-corrected chi connectivity index (χ4v) is 4.79. The van der Waals surface area contributed by atoms with Gasteiger partial charge in [0.25, 0.3) is 15.9 Å². The number of fused-ring (bicyclic) bond motifs is 1. The first-order valence-corrected chi connectivity index (χ1v) is 11.7. The van der Waals surface area contributed by atoms with Crippen molar-refractivity contribution in [3.05, 3.63) is 83.9 Å². The molecule has 0 aliphatic carbocycles. The van der Waals surface area contributed by atoms with Gasteiger partial charge in [-0.25, -0.2) is 13.8 Å². The number of rotatable bonds is 7. The van der Waals surface area contributed by atoms with Crippen LogP contribution >= 0.6 is 0 Å². The average Bonchev–Trinajstić information content (AvgIpc) is 2.83. The van der Waals surface area contributed by atoms with Gasteiger partial charge >= 0.3 is 0 Å². The number of hydrogen-bond acceptors (Lipinski definition) is 6. The third-order valence-electron chi connectivity index (χ3n) is 4.90. The smallest absolute Gasteiger partial charge is 0.264 e. The van der Waals surface area contributed by atoms with E-state index in [1.165, 1.54) is 18.3 Å². The maximum absolute atomic E-state index is 13.3. The Labute approximate surface area is 192 Å². The summed E-state index contributed by atoms with van der Waals surface area (Å²) in [5, 5.41) is 3.99. The summed E-state index contributed by atoms with van der Waals surface area (Å²) in [5.41, 5.74) is 4.30. The van der Waals surface area contributed by atoms with Crippen LogP contribution in [0, 0.1) is 6.92 Å². The molecule has 1 aliphatic heterocycles. The molecule has 1 heterocycles. The Kier molecular flexibility index (Phi) is 6.60. The van der Waals surface area contributed by atoms with Crippen LogP contribution in [0.5, 0.6) is 11.5 Å². The van der Waals surface area contributed by atoms with E-state index in [4.69, 9.17) is 9.47 Å². The van der Waals surface area contributed by atoms with E-state index in [0.29, 0.717) is 36.0 Å². The molecule has 9 heteroatoms. The van der Waals surface area contributed by atoms with Crippen LogP contribution < -0.4 is 19.2 Å². The largest absolute Gasteiger partial charge is 0.486 e. The molecule has 3 aromatic rings. The van der Waals surface area contributed by atoms with Crippen LogP contribution in [0.15, 0.2) is 82.8 Å². The molecule has 0 saturated heterocycles. The number of para-hydroxylation sites is 1. The standard InChI is InChI=1S/C24H23N3O5S/c1-18-7-5-9-20(15-18)27(33(29,30)21-10-3-2-4-11-21)17-23(28)26-25-16-19-8-6-12-22-24(19)32-14-13-31-22/h2-12,15-16H,13-14,17H2,1H3,(H,26,28)/b25-16+. The number of hydrogen-bond donors (Lipinski definition) is 1. The molecule has 1 amide bonds. The SMILES string of the molecule is Cc1cccc(N(CC(=O)N/N=C/c2cccc3c2OCCO3)S(=O)(=O)c2ccccc2)c1. The number of nitrogens with zero attached hydrogens (tertiary/aromatic N) is 2. The average molecular weight is 466 g/mol. The van der Waals surface area contributed by atoms with E-state index in [9.17, 15) is 13.2 Å². The highest BCUT2D eigenvalue weighted by atomic mass is 32.2. The number of carbonyl (C=O) groups excluding carboxylic acids is 1. The summed E-state index contributed by atoms with van der Waals surface area (Å²) >= 11 is 0. The second kappa shape index (κ2) is 9.74. The molecule has 0 saturated carbocycles. The number of nitrogens with one attached hydrogen (secondary N) is 1. The number of sulfonamides is 1. The molecule has 4 rings (SSSR count). The van der Waals surface area contributed by atoms with Gasteiger partial charge in [0, 0.05) is 5.56 Å². The maximum atomic E-state index is 13.3. The van der Waals surface area contributed by atoms with E-state index in [-0.39, 0.29) is 4.90 Å². The Morgan fingerprint density at radius 3 is 2.58 bits per heavy atom. The van der Waals surface area contributed by atoms with Gasteiger partial charge in [-0.2, -0.15) is 5.10 Å². The van der Waals surface area contributed by atoms with Crippen molar-refractivity contribution >= 4 is 27.8 Å². The zero-order valence-electron chi connectivity index (χ0n) is 18.0. The van der Waals surface area contributed by atoms with Crippen molar-refractivity contribution in [3.63, 3.8) is 0 Å². The topological polar surface area (TPSA) is 97.3 Å². The lowest BCUT2D eigenvalue weighted by Crippen LogP contribution is -2.39. The van der Waals surface area contributed by atoms with Gasteiger partial charge in [0.2, 0.25) is 0 Å². The van der Waals surface area contributed by atoms with Crippen LogP contribution in [0.1, 0.15) is 11.1 Å². The number of carbonyl (C=O) groups is 1. The molecule has 0 spiro atoms. The van der Waals surface area contributed by atoms with Crippen molar-refractivity contribution in [1.29, 1.82) is 0 Å². The zero-order chi connectivity index (χ0) is 23.3. The number of anilines is 1. The van der Waals surface area contributed by atoms with E-state index in [1.807, 2.05) is 13.0 Å². The highest BCUT2D eigenvalue weighted by Crippen LogP contribution is 2.32. The lowest BCUT2D eigenvalue weighted by Gasteiger charge is -2.24. The minimum Gasteiger partial charge on any atom is -0.486 e. The van der Waals surface area contributed by atoms with Gasteiger partial charge in [-0.3, -0.25) is 9.10 Å². The predicted octanol–water partition coefficient (Wildman–Crippen LogP) is 3.11. The first kappa shape index (κ1) is 22.3. The Morgan fingerprint density at radius 2 is 1.79 bits per heavy atom. The summed E-state index contributed by atoms with van der Waals surface area (Å²) in [4.78, 5) is 12.8. The number of hydrazone groups is 1. The third-order valence-corrected chi connectivity index (χ3v) is 6.69. The number of ether oxygens (including phenoxy) is 2. The lowest BCUT2D eigenvalue weighted by atomic mass is 10.2. The second-order valence-corrected chi connectivity index (χ2v) is 9.19. The Hall–Kier alpha value is -3.85. The zero-order valence-corrected chi connectivity index (χ0v) is 18.8. The monoisotopic (exact) mass is 465 g/mol. The summed E-state index contributed by atoms with van der Waals surface area (Å²) in [6, 6.07) is 20.3. The number of benzene rings is 3. The van der Waals surface area contributed by atoms with Crippen molar-refractivity contribution in [2.24, 2.45) is 5.10 Å². The predicted molar refractivity (Wildman–Crippen MR) is 125 cm³/mol. The molecule has 8 nitrogen and oxygen atoms in total. The molecule has 0 aromatic heterocycles. The van der Waals surface area contributed by atoms with Gasteiger partial charge in [0.1, 0.15) is 19.8 Å². The van der Waals surface area contributed by atoms with Gasteiger partial charge in [-0.15, -0.1) is 0 Å². The van der Waals surface area contributed by atoms with Crippen LogP contribution in [-0.2, 0) is 14.8 Å². The number of amides is 1. The second-order valence-electron chi connectivity index (χ2n) is 7.33. The fraction of sp³-hybridized carbons (Fsp3) is 0.167. The molecule has 1 N–H and O–H groups in total. The quantitative estimate of drug-likeness (QED) is 0.427. The van der Waals surface area contributed by atoms with Crippen LogP contribution in [0.25, 0.3) is 0 Å². The fourth-order valence-electron chi connectivity index (χ4n) is 3.36. The first-order chi connectivity index (χ1) is 15.9. The summed E-state index contributed by atoms with van der Waals surface area (Å²) in [5.74, 6) is 0.570. The van der Waals surface area contributed by atoms with E-state index < -0.39 is 22.5 Å². The molecule has 3 aromatic carbocycles. The van der Waals surface area contributed by atoms with Gasteiger partial charge in [0.05, 0.1) is 16.8 Å². The van der Waals surface area contributed by atoms with Crippen LogP contribution in [0.3, 0.4) is 0 Å². The maximum Gasteiger partial charge on any atom is 0.264 e. The first-order valence-electron chi connectivity index (χ1n) is 10.3. The Bertz CT molecular complexity index is 1280. The van der Waals surface area contributed by atoms with Crippen molar-refractivity contribution in [1.82, 2.24) is 5.43 Å². The minimum absolute atomic E-state index is 0.0934. The molecule has 0 fully saturated rings. The summed E-state index contributed by atoms with van der Waals surface area (Å²) < 4.78 is 38.9. The molecule has 1 aliphatic rings. The third kappa shape index (κ3) is 5.15. The molecule has 0 unspecified atom stereocenters. The van der Waals surface area contributed by atoms with Gasteiger partial charge in [-0.1, -0.05) is 36.4 Å². The minimum atomic E-state index is -3.97. The molecule has 170 valence electrons. The molecule has 0 atom stereocenters. The van der Waals surface area contributed by atoms with Crippen molar-refractivity contribution < 1.29 is 22.7 Å². The normalized spacial score (nSPS) is 13.0. The molecule has 0 radical (unpaired) electrons. The van der Waals surface area contributed by atoms with Crippen LogP contribution in [0.4, 0.5) is 5.69 Å². The van der Waals surface area contributed by atoms with Crippen molar-refractivity contribution in [2.75, 3.05) is 24.1 Å².